The predicted octanol–water partition coefficient (Wildman–Crippen LogP) is 4.31. The molecule has 2 aromatic rings. The van der Waals surface area contributed by atoms with Crippen LogP contribution in [0.3, 0.4) is 0 Å². The second-order valence-electron chi connectivity index (χ2n) is 3.90. The van der Waals surface area contributed by atoms with Crippen molar-refractivity contribution in [3.8, 4) is 0 Å². The summed E-state index contributed by atoms with van der Waals surface area (Å²) in [6.45, 7) is 2.81. The molecule has 0 aliphatic rings. The van der Waals surface area contributed by atoms with Crippen molar-refractivity contribution < 1.29 is 0 Å². The number of thiophene rings is 1. The molecular weight excluding hydrogens is 328 g/mol. The van der Waals surface area contributed by atoms with Crippen LogP contribution in [0.4, 0.5) is 5.69 Å². The number of halogens is 1. The van der Waals surface area contributed by atoms with E-state index in [2.05, 4.69) is 57.1 Å². The molecule has 18 heavy (non-hydrogen) atoms. The van der Waals surface area contributed by atoms with Crippen LogP contribution in [0.5, 0.6) is 0 Å². The van der Waals surface area contributed by atoms with Crippen molar-refractivity contribution in [3.05, 3.63) is 50.6 Å². The normalized spacial score (nSPS) is 10.1. The predicted molar refractivity (Wildman–Crippen MR) is 86.3 cm³/mol. The summed E-state index contributed by atoms with van der Waals surface area (Å²) in [5.74, 6) is 0. The van der Waals surface area contributed by atoms with Crippen molar-refractivity contribution >= 4 is 50.3 Å². The summed E-state index contributed by atoms with van der Waals surface area (Å²) in [7, 11) is 0. The van der Waals surface area contributed by atoms with Crippen LogP contribution in [0.2, 0.25) is 0 Å². The van der Waals surface area contributed by atoms with Gasteiger partial charge >= 0.3 is 0 Å². The van der Waals surface area contributed by atoms with Gasteiger partial charge in [0.25, 0.3) is 0 Å². The fourth-order valence-corrected chi connectivity index (χ4v) is 3.01. The van der Waals surface area contributed by atoms with Crippen LogP contribution in [0.25, 0.3) is 0 Å². The highest BCUT2D eigenvalue weighted by Gasteiger charge is 2.00. The number of hydrogen-bond acceptors (Lipinski definition) is 2. The lowest BCUT2D eigenvalue weighted by Gasteiger charge is -2.10. The maximum absolute atomic E-state index is 5.26. The molecule has 1 heterocycles. The van der Waals surface area contributed by atoms with Gasteiger partial charge in [-0.1, -0.05) is 22.0 Å². The first kappa shape index (κ1) is 13.5. The lowest BCUT2D eigenvalue weighted by atomic mass is 10.2. The molecule has 1 aromatic carbocycles. The molecule has 0 amide bonds. The van der Waals surface area contributed by atoms with E-state index >= 15 is 0 Å². The van der Waals surface area contributed by atoms with Crippen LogP contribution in [0.15, 0.2) is 40.2 Å². The molecule has 0 spiro atoms. The Balaban J connectivity index is 1.90. The van der Waals surface area contributed by atoms with E-state index < -0.39 is 0 Å². The highest BCUT2D eigenvalue weighted by Crippen LogP contribution is 2.19. The molecular formula is C13H13BrN2S2. The van der Waals surface area contributed by atoms with Crippen molar-refractivity contribution in [1.82, 2.24) is 5.32 Å². The molecule has 0 unspecified atom stereocenters. The first-order valence-electron chi connectivity index (χ1n) is 5.48. The molecule has 2 nitrogen and oxygen atoms in total. The Morgan fingerprint density at radius 1 is 1.39 bits per heavy atom. The van der Waals surface area contributed by atoms with Crippen molar-refractivity contribution in [2.75, 3.05) is 5.32 Å². The molecule has 0 radical (unpaired) electrons. The van der Waals surface area contributed by atoms with Gasteiger partial charge in [0.15, 0.2) is 5.11 Å². The molecule has 2 rings (SSSR count). The molecule has 0 aliphatic heterocycles. The first-order valence-corrected chi connectivity index (χ1v) is 7.56. The first-order chi connectivity index (χ1) is 8.63. The smallest absolute Gasteiger partial charge is 0.171 e. The van der Waals surface area contributed by atoms with Crippen molar-refractivity contribution in [2.24, 2.45) is 0 Å². The zero-order chi connectivity index (χ0) is 13.0. The van der Waals surface area contributed by atoms with Crippen LogP contribution in [-0.2, 0) is 6.54 Å². The third-order valence-corrected chi connectivity index (χ3v) is 3.88. The Hall–Kier alpha value is -0.910. The minimum atomic E-state index is 0.640. The van der Waals surface area contributed by atoms with E-state index in [0.29, 0.717) is 5.11 Å². The number of benzene rings is 1. The lowest BCUT2D eigenvalue weighted by molar-refractivity contribution is 0.946. The molecule has 2 N–H and O–H groups in total. The fourth-order valence-electron chi connectivity index (χ4n) is 1.56. The van der Waals surface area contributed by atoms with Crippen molar-refractivity contribution in [1.29, 1.82) is 0 Å². The fraction of sp³-hybridized carbons (Fsp3) is 0.154. The van der Waals surface area contributed by atoms with E-state index in [1.807, 2.05) is 12.1 Å². The standard InChI is InChI=1S/C13H13BrN2S2/c1-9-5-10(14)7-11(6-9)16-13(17)15-8-12-3-2-4-18-12/h2-7H,8H2,1H3,(H2,15,16,17). The van der Waals surface area contributed by atoms with Crippen LogP contribution in [-0.4, -0.2) is 5.11 Å². The van der Waals surface area contributed by atoms with E-state index in [4.69, 9.17) is 12.2 Å². The van der Waals surface area contributed by atoms with E-state index in [9.17, 15) is 0 Å². The van der Waals surface area contributed by atoms with Gasteiger partial charge in [-0.05, 0) is 54.4 Å². The van der Waals surface area contributed by atoms with Crippen LogP contribution < -0.4 is 10.6 Å². The van der Waals surface area contributed by atoms with Gasteiger partial charge < -0.3 is 10.6 Å². The molecule has 0 atom stereocenters. The SMILES string of the molecule is Cc1cc(Br)cc(NC(=S)NCc2cccs2)c1. The Morgan fingerprint density at radius 2 is 2.22 bits per heavy atom. The molecule has 0 fully saturated rings. The van der Waals surface area contributed by atoms with Gasteiger partial charge in [-0.15, -0.1) is 11.3 Å². The largest absolute Gasteiger partial charge is 0.358 e. The van der Waals surface area contributed by atoms with Crippen molar-refractivity contribution in [2.45, 2.75) is 13.5 Å². The average molecular weight is 341 g/mol. The minimum absolute atomic E-state index is 0.640. The molecule has 0 bridgehead atoms. The summed E-state index contributed by atoms with van der Waals surface area (Å²) < 4.78 is 1.05. The summed E-state index contributed by atoms with van der Waals surface area (Å²) >= 11 is 10.5. The average Bonchev–Trinajstić information content (AvgIpc) is 2.77. The second kappa shape index (κ2) is 6.31. The number of anilines is 1. The summed E-state index contributed by atoms with van der Waals surface area (Å²) in [6.07, 6.45) is 0. The van der Waals surface area contributed by atoms with Gasteiger partial charge in [0.2, 0.25) is 0 Å². The van der Waals surface area contributed by atoms with Crippen LogP contribution >= 0.6 is 39.5 Å². The summed E-state index contributed by atoms with van der Waals surface area (Å²) in [4.78, 5) is 1.27. The number of rotatable bonds is 3. The van der Waals surface area contributed by atoms with Gasteiger partial charge in [0.05, 0.1) is 6.54 Å². The van der Waals surface area contributed by atoms with Crippen LogP contribution in [0, 0.1) is 6.92 Å². The van der Waals surface area contributed by atoms with Gasteiger partial charge in [-0.2, -0.15) is 0 Å². The van der Waals surface area contributed by atoms with Gasteiger partial charge in [-0.3, -0.25) is 0 Å². The Morgan fingerprint density at radius 3 is 2.89 bits per heavy atom. The molecule has 0 saturated carbocycles. The zero-order valence-corrected chi connectivity index (χ0v) is 13.1. The summed E-state index contributed by atoms with van der Waals surface area (Å²) in [5.41, 5.74) is 2.18. The summed E-state index contributed by atoms with van der Waals surface area (Å²) in [5, 5.41) is 9.07. The number of aryl methyl sites for hydroxylation is 1. The van der Waals surface area contributed by atoms with E-state index in [1.54, 1.807) is 11.3 Å². The maximum atomic E-state index is 5.26. The van der Waals surface area contributed by atoms with Crippen molar-refractivity contribution in [3.63, 3.8) is 0 Å². The number of nitrogens with one attached hydrogen (secondary N) is 2. The van der Waals surface area contributed by atoms with Gasteiger partial charge in [-0.25, -0.2) is 0 Å². The van der Waals surface area contributed by atoms with E-state index in [-0.39, 0.29) is 0 Å². The highest BCUT2D eigenvalue weighted by atomic mass is 79.9. The zero-order valence-electron chi connectivity index (χ0n) is 9.87. The Kier molecular flexibility index (Phi) is 4.74. The molecule has 0 saturated heterocycles. The summed E-state index contributed by atoms with van der Waals surface area (Å²) in [6, 6.07) is 10.3. The Labute approximate surface area is 125 Å². The quantitative estimate of drug-likeness (QED) is 0.814. The molecule has 1 aromatic heterocycles. The minimum Gasteiger partial charge on any atom is -0.358 e. The van der Waals surface area contributed by atoms with E-state index in [0.717, 1.165) is 16.7 Å². The van der Waals surface area contributed by atoms with Gasteiger partial charge in [0.1, 0.15) is 0 Å². The van der Waals surface area contributed by atoms with Gasteiger partial charge in [0, 0.05) is 15.0 Å². The number of hydrogen-bond donors (Lipinski definition) is 2. The molecule has 5 heteroatoms. The Bertz CT molecular complexity index is 518. The second-order valence-corrected chi connectivity index (χ2v) is 6.26. The number of thiocarbonyl (C=S) groups is 1. The molecule has 94 valence electrons. The third kappa shape index (κ3) is 4.08. The lowest BCUT2D eigenvalue weighted by Crippen LogP contribution is -2.27. The highest BCUT2D eigenvalue weighted by molar-refractivity contribution is 9.10. The topological polar surface area (TPSA) is 24.1 Å². The van der Waals surface area contributed by atoms with E-state index in [1.165, 1.54) is 10.4 Å². The van der Waals surface area contributed by atoms with Crippen LogP contribution in [0.1, 0.15) is 10.4 Å². The monoisotopic (exact) mass is 340 g/mol. The maximum Gasteiger partial charge on any atom is 0.171 e. The third-order valence-electron chi connectivity index (χ3n) is 2.30. The molecule has 0 aliphatic carbocycles.